The molecule has 6 atom stereocenters. The van der Waals surface area contributed by atoms with Crippen molar-refractivity contribution in [2.45, 2.75) is 56.5 Å². The number of thioether (sulfide) groups is 1. The summed E-state index contributed by atoms with van der Waals surface area (Å²) < 4.78 is 16.5. The number of nitrogens with zero attached hydrogens (tertiary/aromatic N) is 4. The quantitative estimate of drug-likeness (QED) is 0.00563. The van der Waals surface area contributed by atoms with Crippen molar-refractivity contribution in [3.8, 4) is 0 Å². The molecule has 1 aromatic carbocycles. The van der Waals surface area contributed by atoms with E-state index in [1.54, 1.807) is 9.80 Å². The molecule has 4 unspecified atom stereocenters. The number of carbonyl (C=O) groups excluding carboxylic acids is 5. The molecule has 24 nitrogen and oxygen atoms in total. The maximum Gasteiger partial charge on any atom is 0.320 e. The molecule has 1 aromatic rings. The van der Waals surface area contributed by atoms with Gasteiger partial charge in [-0.15, -0.1) is 0 Å². The summed E-state index contributed by atoms with van der Waals surface area (Å²) in [5.41, 5.74) is 0.697. The first-order valence-corrected chi connectivity index (χ1v) is 23.3. The summed E-state index contributed by atoms with van der Waals surface area (Å²) in [6.07, 6.45) is 2.62. The summed E-state index contributed by atoms with van der Waals surface area (Å²) in [7, 11) is 0. The molecule has 9 N–H and O–H groups in total. The van der Waals surface area contributed by atoms with Crippen LogP contribution < -0.4 is 43.4 Å². The second-order valence-corrected chi connectivity index (χ2v) is 16.8. The van der Waals surface area contributed by atoms with Crippen LogP contribution in [0, 0.1) is 0 Å². The lowest BCUT2D eigenvalue weighted by molar-refractivity contribution is -0.167. The summed E-state index contributed by atoms with van der Waals surface area (Å²) in [6, 6.07) is -3.25. The standard InChI is InChI=1S/C39H64N10O14S2/c1-25-29-20-49(13-10-46(14-15-50)8-9-47(21-31(52)53)11-12-48(25)22-32(54)63-29)28(39(59)60)4-3-6-41-33-34(36(56)35(33)55)42-7-16-61-17-18-62-23-30(51)43-27(24-64)37(57)44-26(5-19-65-2)38(58)45-40/h15,25-29,41-42,64H,3-14,16-24,40H2,1-2H3,(H,43,51)(H,44,57)(H,45,58)(H,52,53)(H,59,60)/t25?,26-,27-,28?,29?/m0/s1. The highest BCUT2D eigenvalue weighted by atomic mass is 32.2. The molecule has 26 heteroatoms. The lowest BCUT2D eigenvalue weighted by Gasteiger charge is -2.41. The van der Waals surface area contributed by atoms with Crippen LogP contribution >= 0.6 is 24.4 Å². The van der Waals surface area contributed by atoms with E-state index in [-0.39, 0.29) is 115 Å². The maximum atomic E-state index is 12.8. The van der Waals surface area contributed by atoms with Crippen molar-refractivity contribution in [3.05, 3.63) is 20.4 Å². The van der Waals surface area contributed by atoms with Gasteiger partial charge >= 0.3 is 17.9 Å². The van der Waals surface area contributed by atoms with E-state index in [0.29, 0.717) is 38.4 Å². The zero-order valence-electron chi connectivity index (χ0n) is 36.8. The van der Waals surface area contributed by atoms with E-state index in [4.69, 9.17) is 20.1 Å². The molecule has 2 aliphatic heterocycles. The zero-order chi connectivity index (χ0) is 47.9. The van der Waals surface area contributed by atoms with Crippen LogP contribution in [0.2, 0.25) is 0 Å². The van der Waals surface area contributed by atoms with Gasteiger partial charge in [0.25, 0.3) is 16.8 Å². The van der Waals surface area contributed by atoms with E-state index in [1.807, 2.05) is 28.4 Å². The molecule has 2 saturated heterocycles. The summed E-state index contributed by atoms with van der Waals surface area (Å²) in [6.45, 7) is 3.85. The average Bonchev–Trinajstić information content (AvgIpc) is 3.27. The molecule has 0 aliphatic carbocycles. The van der Waals surface area contributed by atoms with Gasteiger partial charge in [0.05, 0.1) is 39.5 Å². The van der Waals surface area contributed by atoms with Gasteiger partial charge in [-0.1, -0.05) is 0 Å². The lowest BCUT2D eigenvalue weighted by Crippen LogP contribution is -2.58. The minimum Gasteiger partial charge on any atom is -0.480 e. The molecule has 3 rings (SSSR count). The number of carboxylic acid groups (broad SMARTS) is 2. The van der Waals surface area contributed by atoms with E-state index < -0.39 is 70.7 Å². The molecular weight excluding hydrogens is 897 g/mol. The SMILES string of the molecule is CSCC[C@H](NC(=O)[C@H](CS)NC(=O)COCCOCCNc1c(NCCCC(C(=O)O)N2CCN(CC=O)CCN(CC(=O)O)CCN3CC(=O)OC(C2)C3C)c(=O)c1=O)C(=O)NN. The van der Waals surface area contributed by atoms with Gasteiger partial charge in [-0.25, -0.2) is 5.84 Å². The van der Waals surface area contributed by atoms with Crippen LogP contribution in [0.5, 0.6) is 0 Å². The van der Waals surface area contributed by atoms with Gasteiger partial charge in [0.2, 0.25) is 11.8 Å². The van der Waals surface area contributed by atoms with Crippen LogP contribution in [0.3, 0.4) is 0 Å². The zero-order valence-corrected chi connectivity index (χ0v) is 38.5. The number of hydrogen-bond acceptors (Lipinski definition) is 21. The molecule has 2 fully saturated rings. The Labute approximate surface area is 386 Å². The van der Waals surface area contributed by atoms with Crippen LogP contribution in [0.1, 0.15) is 26.2 Å². The number of anilines is 2. The normalized spacial score (nSPS) is 20.4. The molecule has 65 heavy (non-hydrogen) atoms. The van der Waals surface area contributed by atoms with Crippen molar-refractivity contribution in [1.29, 1.82) is 0 Å². The summed E-state index contributed by atoms with van der Waals surface area (Å²) in [4.78, 5) is 118. The molecule has 366 valence electrons. The molecule has 0 radical (unpaired) electrons. The number of aldehydes is 1. The monoisotopic (exact) mass is 960 g/mol. The number of aliphatic carboxylic acids is 2. The van der Waals surface area contributed by atoms with E-state index in [9.17, 15) is 53.4 Å². The summed E-state index contributed by atoms with van der Waals surface area (Å²) in [5, 5.41) is 30.8. The second kappa shape index (κ2) is 29.3. The topological polar surface area (TPSA) is 321 Å². The van der Waals surface area contributed by atoms with Gasteiger partial charge in [0.15, 0.2) is 0 Å². The Morgan fingerprint density at radius 3 is 2.20 bits per heavy atom. The number of nitrogens with two attached hydrogens (primary N) is 1. The number of nitrogens with one attached hydrogen (secondary N) is 5. The molecule has 2 aliphatic rings. The average molecular weight is 961 g/mol. The van der Waals surface area contributed by atoms with Crippen LogP contribution in [-0.2, 0) is 47.8 Å². The largest absolute Gasteiger partial charge is 0.480 e. The number of carbonyl (C=O) groups is 7. The Hall–Kier alpha value is -4.41. The van der Waals surface area contributed by atoms with Crippen LogP contribution in [0.25, 0.3) is 0 Å². The maximum absolute atomic E-state index is 12.8. The molecule has 0 aromatic heterocycles. The first-order chi connectivity index (χ1) is 31.1. The molecule has 2 bridgehead atoms. The minimum absolute atomic E-state index is 0.00529. The van der Waals surface area contributed by atoms with Gasteiger partial charge in [-0.2, -0.15) is 24.4 Å². The number of rotatable bonds is 28. The molecule has 0 spiro atoms. The van der Waals surface area contributed by atoms with Gasteiger partial charge in [0, 0.05) is 70.7 Å². The van der Waals surface area contributed by atoms with Crippen molar-refractivity contribution in [3.63, 3.8) is 0 Å². The van der Waals surface area contributed by atoms with Crippen molar-refractivity contribution in [2.75, 3.05) is 133 Å². The second-order valence-electron chi connectivity index (χ2n) is 15.4. The molecule has 2 heterocycles. The third-order valence-electron chi connectivity index (χ3n) is 10.9. The first kappa shape index (κ1) is 54.9. The highest BCUT2D eigenvalue weighted by Crippen LogP contribution is 2.20. The third-order valence-corrected chi connectivity index (χ3v) is 11.9. The van der Waals surface area contributed by atoms with Crippen LogP contribution in [0.4, 0.5) is 11.4 Å². The highest BCUT2D eigenvalue weighted by molar-refractivity contribution is 7.98. The number of carboxylic acids is 2. The van der Waals surface area contributed by atoms with E-state index in [0.717, 1.165) is 6.29 Å². The van der Waals surface area contributed by atoms with Gasteiger partial charge < -0.3 is 50.5 Å². The van der Waals surface area contributed by atoms with Crippen LogP contribution in [-0.4, -0.2) is 225 Å². The van der Waals surface area contributed by atoms with E-state index in [1.165, 1.54) is 11.8 Å². The van der Waals surface area contributed by atoms with Gasteiger partial charge in [-0.3, -0.25) is 63.4 Å². The van der Waals surface area contributed by atoms with Crippen molar-refractivity contribution in [1.82, 2.24) is 35.7 Å². The Bertz CT molecular complexity index is 1810. The predicted molar refractivity (Wildman–Crippen MR) is 243 cm³/mol. The third kappa shape index (κ3) is 18.4. The number of morpholine rings is 1. The van der Waals surface area contributed by atoms with E-state index >= 15 is 0 Å². The number of esters is 1. The Morgan fingerprint density at radius 1 is 0.892 bits per heavy atom. The number of amides is 3. The highest BCUT2D eigenvalue weighted by Gasteiger charge is 2.38. The number of thiol groups is 1. The lowest BCUT2D eigenvalue weighted by atomic mass is 10.0. The Balaban J connectivity index is 1.47. The number of ether oxygens (including phenoxy) is 3. The fraction of sp³-hybridized carbons (Fsp3) is 0.718. The summed E-state index contributed by atoms with van der Waals surface area (Å²) in [5.74, 6) is 1.41. The first-order valence-electron chi connectivity index (χ1n) is 21.3. The van der Waals surface area contributed by atoms with Crippen molar-refractivity contribution < 1.29 is 58.0 Å². The van der Waals surface area contributed by atoms with Gasteiger partial charge in [-0.05, 0) is 38.2 Å². The van der Waals surface area contributed by atoms with Gasteiger partial charge in [0.1, 0.15) is 48.5 Å². The van der Waals surface area contributed by atoms with E-state index in [2.05, 4.69) is 33.9 Å². The minimum atomic E-state index is -1.12. The molecular formula is C39H64N10O14S2. The molecule has 0 saturated carbocycles. The fourth-order valence-electron chi connectivity index (χ4n) is 7.25. The van der Waals surface area contributed by atoms with Crippen molar-refractivity contribution in [2.24, 2.45) is 5.84 Å². The number of hydrogen-bond donors (Lipinski definition) is 9. The smallest absolute Gasteiger partial charge is 0.320 e. The Kier molecular flexibility index (Phi) is 24.7. The number of hydrazine groups is 1. The Morgan fingerprint density at radius 2 is 1.55 bits per heavy atom. The fourth-order valence-corrected chi connectivity index (χ4v) is 7.98. The molecule has 3 amide bonds. The van der Waals surface area contributed by atoms with Crippen molar-refractivity contribution >= 4 is 77.7 Å². The predicted octanol–water partition coefficient (Wildman–Crippen LogP) is -4.17. The van der Waals surface area contributed by atoms with Crippen LogP contribution in [0.15, 0.2) is 9.59 Å². The number of fused-ring (bicyclic) bond motifs is 2. The summed E-state index contributed by atoms with van der Waals surface area (Å²) >= 11 is 5.61.